The fraction of sp³-hybridized carbons (Fsp3) is 0.350. The number of aryl methyl sites for hydroxylation is 2. The van der Waals surface area contributed by atoms with Gasteiger partial charge >= 0.3 is 5.97 Å². The van der Waals surface area contributed by atoms with Crippen LogP contribution >= 0.6 is 0 Å². The number of aliphatic hydroxyl groups is 1. The van der Waals surface area contributed by atoms with Crippen LogP contribution < -0.4 is 0 Å². The van der Waals surface area contributed by atoms with Gasteiger partial charge in [0, 0.05) is 5.92 Å². The minimum absolute atomic E-state index is 0.0832. The molecular weight excluding hydrogens is 352 g/mol. The lowest BCUT2D eigenvalue weighted by Crippen LogP contribution is -2.27. The number of benzene rings is 2. The molecule has 1 aliphatic carbocycles. The standard InChI is InChI=1S/C20H22O5S/c1-3-14-6-8-15(9-7-14)17-18(20(17,12-21)19(22)23)26(24,25)16-10-4-13(2)5-11-16/h4-11,17-18,21H,3,12H2,1-2H3,(H,22,23). The predicted molar refractivity (Wildman–Crippen MR) is 97.9 cm³/mol. The Morgan fingerprint density at radius 3 is 2.12 bits per heavy atom. The fourth-order valence-electron chi connectivity index (χ4n) is 3.68. The molecule has 0 aliphatic heterocycles. The van der Waals surface area contributed by atoms with E-state index in [1.165, 1.54) is 12.1 Å². The molecule has 3 rings (SSSR count). The summed E-state index contributed by atoms with van der Waals surface area (Å²) in [5, 5.41) is 18.4. The largest absolute Gasteiger partial charge is 0.481 e. The zero-order valence-corrected chi connectivity index (χ0v) is 15.5. The first-order valence-electron chi connectivity index (χ1n) is 8.52. The molecule has 2 aromatic rings. The van der Waals surface area contributed by atoms with E-state index in [1.54, 1.807) is 24.3 Å². The number of aliphatic carboxylic acids is 1. The highest BCUT2D eigenvalue weighted by Crippen LogP contribution is 2.64. The molecular formula is C20H22O5S. The highest BCUT2D eigenvalue weighted by molar-refractivity contribution is 7.92. The third-order valence-electron chi connectivity index (χ3n) is 5.35. The number of carbonyl (C=O) groups is 1. The summed E-state index contributed by atoms with van der Waals surface area (Å²) in [6, 6.07) is 13.6. The topological polar surface area (TPSA) is 91.7 Å². The highest BCUT2D eigenvalue weighted by Gasteiger charge is 2.75. The van der Waals surface area contributed by atoms with Crippen molar-refractivity contribution in [3.63, 3.8) is 0 Å². The zero-order chi connectivity index (χ0) is 19.1. The van der Waals surface area contributed by atoms with E-state index in [0.29, 0.717) is 5.56 Å². The van der Waals surface area contributed by atoms with Crippen LogP contribution in [-0.2, 0) is 21.1 Å². The molecule has 2 aromatic carbocycles. The van der Waals surface area contributed by atoms with Crippen molar-refractivity contribution in [3.05, 3.63) is 65.2 Å². The van der Waals surface area contributed by atoms with E-state index < -0.39 is 39.0 Å². The maximum Gasteiger partial charge on any atom is 0.314 e. The number of carboxylic acids is 1. The molecule has 0 saturated heterocycles. The molecule has 3 unspecified atom stereocenters. The first-order valence-corrected chi connectivity index (χ1v) is 10.1. The Morgan fingerprint density at radius 2 is 1.65 bits per heavy atom. The molecule has 3 atom stereocenters. The van der Waals surface area contributed by atoms with Crippen molar-refractivity contribution in [3.8, 4) is 0 Å². The monoisotopic (exact) mass is 374 g/mol. The summed E-state index contributed by atoms with van der Waals surface area (Å²) in [6.07, 6.45) is 0.833. The Balaban J connectivity index is 2.08. The van der Waals surface area contributed by atoms with Gasteiger partial charge in [-0.1, -0.05) is 48.9 Å². The Bertz CT molecular complexity index is 916. The fourth-order valence-corrected chi connectivity index (χ4v) is 6.04. The van der Waals surface area contributed by atoms with Crippen molar-refractivity contribution >= 4 is 15.8 Å². The van der Waals surface area contributed by atoms with Gasteiger partial charge < -0.3 is 10.2 Å². The predicted octanol–water partition coefficient (Wildman–Crippen LogP) is 2.56. The van der Waals surface area contributed by atoms with Crippen molar-refractivity contribution in [2.45, 2.75) is 36.3 Å². The third kappa shape index (κ3) is 2.73. The smallest absolute Gasteiger partial charge is 0.314 e. The normalized spacial score (nSPS) is 25.0. The SMILES string of the molecule is CCc1ccc(C2C(S(=O)(=O)c3ccc(C)cc3)C2(CO)C(=O)O)cc1. The number of carboxylic acid groups (broad SMARTS) is 1. The van der Waals surface area contributed by atoms with Crippen LogP contribution in [0, 0.1) is 12.3 Å². The third-order valence-corrected chi connectivity index (χ3v) is 7.64. The molecule has 2 N–H and O–H groups in total. The zero-order valence-electron chi connectivity index (χ0n) is 14.7. The molecule has 1 fully saturated rings. The quantitative estimate of drug-likeness (QED) is 0.811. The number of hydrogen-bond donors (Lipinski definition) is 2. The van der Waals surface area contributed by atoms with Crippen LogP contribution in [0.5, 0.6) is 0 Å². The van der Waals surface area contributed by atoms with E-state index in [2.05, 4.69) is 0 Å². The summed E-state index contributed by atoms with van der Waals surface area (Å²) in [5.41, 5.74) is 0.909. The van der Waals surface area contributed by atoms with Gasteiger partial charge in [-0.25, -0.2) is 8.42 Å². The first kappa shape index (κ1) is 18.6. The maximum atomic E-state index is 13.1. The number of hydrogen-bond acceptors (Lipinski definition) is 4. The molecule has 6 heteroatoms. The molecule has 0 bridgehead atoms. The number of aliphatic hydroxyl groups excluding tert-OH is 1. The molecule has 0 aromatic heterocycles. The van der Waals surface area contributed by atoms with E-state index in [1.807, 2.05) is 26.0 Å². The second kappa shape index (κ2) is 6.52. The Hall–Kier alpha value is -2.18. The summed E-state index contributed by atoms with van der Waals surface area (Å²) in [7, 11) is -3.90. The van der Waals surface area contributed by atoms with Crippen molar-refractivity contribution in [2.24, 2.45) is 5.41 Å². The average Bonchev–Trinajstić information content (AvgIpc) is 3.34. The molecule has 138 valence electrons. The molecule has 0 heterocycles. The van der Waals surface area contributed by atoms with Crippen LogP contribution in [0.15, 0.2) is 53.4 Å². The van der Waals surface area contributed by atoms with Gasteiger partial charge in [0.05, 0.1) is 16.8 Å². The molecule has 26 heavy (non-hydrogen) atoms. The lowest BCUT2D eigenvalue weighted by molar-refractivity contribution is -0.145. The van der Waals surface area contributed by atoms with Crippen LogP contribution in [0.2, 0.25) is 0 Å². The minimum Gasteiger partial charge on any atom is -0.481 e. The highest BCUT2D eigenvalue weighted by atomic mass is 32.2. The molecule has 5 nitrogen and oxygen atoms in total. The van der Waals surface area contributed by atoms with Crippen molar-refractivity contribution < 1.29 is 23.4 Å². The summed E-state index contributed by atoms with van der Waals surface area (Å²) in [5.74, 6) is -2.06. The van der Waals surface area contributed by atoms with Gasteiger partial charge in [-0.2, -0.15) is 0 Å². The van der Waals surface area contributed by atoms with Crippen molar-refractivity contribution in [1.82, 2.24) is 0 Å². The van der Waals surface area contributed by atoms with Gasteiger partial charge in [0.1, 0.15) is 5.41 Å². The minimum atomic E-state index is -3.90. The Morgan fingerprint density at radius 1 is 1.08 bits per heavy atom. The molecule has 1 saturated carbocycles. The molecule has 0 radical (unpaired) electrons. The summed E-state index contributed by atoms with van der Waals surface area (Å²) >= 11 is 0. The van der Waals surface area contributed by atoms with Crippen LogP contribution in [0.4, 0.5) is 0 Å². The van der Waals surface area contributed by atoms with Gasteiger partial charge in [-0.15, -0.1) is 0 Å². The van der Waals surface area contributed by atoms with Gasteiger partial charge in [0.2, 0.25) is 0 Å². The Kier molecular flexibility index (Phi) is 4.67. The maximum absolute atomic E-state index is 13.1. The lowest BCUT2D eigenvalue weighted by atomic mass is 9.99. The van der Waals surface area contributed by atoms with Gasteiger partial charge in [0.15, 0.2) is 9.84 Å². The van der Waals surface area contributed by atoms with E-state index in [-0.39, 0.29) is 4.90 Å². The van der Waals surface area contributed by atoms with Crippen LogP contribution in [0.3, 0.4) is 0 Å². The van der Waals surface area contributed by atoms with Crippen LogP contribution in [0.1, 0.15) is 29.5 Å². The Labute approximate surface area is 153 Å². The molecule has 0 spiro atoms. The van der Waals surface area contributed by atoms with E-state index >= 15 is 0 Å². The number of rotatable bonds is 6. The van der Waals surface area contributed by atoms with Gasteiger partial charge in [-0.3, -0.25) is 4.79 Å². The molecule has 1 aliphatic rings. The van der Waals surface area contributed by atoms with Gasteiger partial charge in [0.25, 0.3) is 0 Å². The summed E-state index contributed by atoms with van der Waals surface area (Å²) < 4.78 is 26.2. The lowest BCUT2D eigenvalue weighted by Gasteiger charge is -2.10. The van der Waals surface area contributed by atoms with Crippen molar-refractivity contribution in [2.75, 3.05) is 6.61 Å². The average molecular weight is 374 g/mol. The van der Waals surface area contributed by atoms with Crippen LogP contribution in [-0.4, -0.2) is 36.5 Å². The second-order valence-corrected chi connectivity index (χ2v) is 8.92. The molecule has 0 amide bonds. The van der Waals surface area contributed by atoms with E-state index in [4.69, 9.17) is 0 Å². The van der Waals surface area contributed by atoms with Crippen molar-refractivity contribution in [1.29, 1.82) is 0 Å². The summed E-state index contributed by atoms with van der Waals surface area (Å²) in [6.45, 7) is 3.13. The second-order valence-electron chi connectivity index (χ2n) is 6.86. The van der Waals surface area contributed by atoms with E-state index in [9.17, 15) is 23.4 Å². The first-order chi connectivity index (χ1) is 12.3. The summed E-state index contributed by atoms with van der Waals surface area (Å²) in [4.78, 5) is 12.0. The number of sulfone groups is 1. The van der Waals surface area contributed by atoms with Gasteiger partial charge in [-0.05, 0) is 36.6 Å². The van der Waals surface area contributed by atoms with E-state index in [0.717, 1.165) is 17.5 Å². The van der Waals surface area contributed by atoms with Crippen LogP contribution in [0.25, 0.3) is 0 Å².